The molecule has 0 N–H and O–H groups in total. The number of likely N-dealkylation sites (N-methyl/N-ethyl adjacent to an activating group) is 1. The second kappa shape index (κ2) is 6.91. The van der Waals surface area contributed by atoms with Crippen LogP contribution in [0.5, 0.6) is 0 Å². The number of nitrogens with zero attached hydrogens (tertiary/aromatic N) is 5. The third kappa shape index (κ3) is 3.76. The van der Waals surface area contributed by atoms with Gasteiger partial charge in [0, 0.05) is 57.2 Å². The van der Waals surface area contributed by atoms with Gasteiger partial charge in [-0.05, 0) is 19.3 Å². The number of carbonyl (C=O) groups is 1. The van der Waals surface area contributed by atoms with Gasteiger partial charge in [0.25, 0.3) is 0 Å². The highest BCUT2D eigenvalue weighted by atomic mass is 32.1. The van der Waals surface area contributed by atoms with E-state index in [1.54, 1.807) is 0 Å². The Bertz CT molecular complexity index is 516. The normalized spacial score (nSPS) is 20.0. The molecule has 1 saturated carbocycles. The van der Waals surface area contributed by atoms with Crippen LogP contribution < -0.4 is 4.90 Å². The summed E-state index contributed by atoms with van der Waals surface area (Å²) >= 11 is 1.49. The Kier molecular flexibility index (Phi) is 4.93. The van der Waals surface area contributed by atoms with E-state index >= 15 is 0 Å². The number of hydrogen-bond donors (Lipinski definition) is 0. The Balaban J connectivity index is 1.52. The summed E-state index contributed by atoms with van der Waals surface area (Å²) in [6.07, 6.45) is 4.31. The van der Waals surface area contributed by atoms with Crippen LogP contribution in [0.3, 0.4) is 0 Å². The molecular formula is C15H25N5OS. The molecule has 0 spiro atoms. The highest BCUT2D eigenvalue weighted by molar-refractivity contribution is 7.09. The number of amides is 1. The Morgan fingerprint density at radius 3 is 2.82 bits per heavy atom. The van der Waals surface area contributed by atoms with Crippen molar-refractivity contribution in [3.05, 3.63) is 5.82 Å². The van der Waals surface area contributed by atoms with Crippen molar-refractivity contribution in [2.45, 2.75) is 38.6 Å². The van der Waals surface area contributed by atoms with E-state index < -0.39 is 0 Å². The van der Waals surface area contributed by atoms with Crippen LogP contribution in [0.15, 0.2) is 0 Å². The van der Waals surface area contributed by atoms with E-state index in [4.69, 9.17) is 0 Å². The quantitative estimate of drug-likeness (QED) is 0.816. The lowest BCUT2D eigenvalue weighted by molar-refractivity contribution is -0.131. The largest absolute Gasteiger partial charge is 0.346 e. The van der Waals surface area contributed by atoms with Crippen molar-refractivity contribution in [3.63, 3.8) is 0 Å². The van der Waals surface area contributed by atoms with E-state index in [0.717, 1.165) is 50.0 Å². The van der Waals surface area contributed by atoms with Crippen LogP contribution in [0, 0.1) is 0 Å². The van der Waals surface area contributed by atoms with Gasteiger partial charge >= 0.3 is 0 Å². The van der Waals surface area contributed by atoms with Crippen LogP contribution in [0.4, 0.5) is 5.13 Å². The van der Waals surface area contributed by atoms with Gasteiger partial charge in [0.1, 0.15) is 5.82 Å². The predicted octanol–water partition coefficient (Wildman–Crippen LogP) is 1.23. The summed E-state index contributed by atoms with van der Waals surface area (Å²) in [5.74, 6) is 1.20. The van der Waals surface area contributed by atoms with Gasteiger partial charge in [-0.15, -0.1) is 0 Å². The highest BCUT2D eigenvalue weighted by Crippen LogP contribution is 2.25. The summed E-state index contributed by atoms with van der Waals surface area (Å²) in [5, 5.41) is 1.03. The van der Waals surface area contributed by atoms with Crippen LogP contribution in [-0.4, -0.2) is 70.9 Å². The molecule has 1 aromatic rings. The zero-order valence-corrected chi connectivity index (χ0v) is 14.3. The molecule has 6 nitrogen and oxygen atoms in total. The van der Waals surface area contributed by atoms with Crippen LogP contribution in [0.2, 0.25) is 0 Å². The summed E-state index contributed by atoms with van der Waals surface area (Å²) < 4.78 is 4.37. The molecule has 0 bridgehead atoms. The summed E-state index contributed by atoms with van der Waals surface area (Å²) in [7, 11) is 1.94. The van der Waals surface area contributed by atoms with E-state index in [9.17, 15) is 4.79 Å². The molecule has 0 aromatic carbocycles. The van der Waals surface area contributed by atoms with Gasteiger partial charge in [-0.1, -0.05) is 6.92 Å². The molecule has 1 saturated heterocycles. The monoisotopic (exact) mass is 323 g/mol. The van der Waals surface area contributed by atoms with Crippen LogP contribution in [-0.2, 0) is 11.2 Å². The van der Waals surface area contributed by atoms with E-state index in [2.05, 4.69) is 26.1 Å². The molecule has 1 aromatic heterocycles. The molecule has 1 amide bonds. The maximum Gasteiger partial charge on any atom is 0.236 e. The Morgan fingerprint density at radius 1 is 1.32 bits per heavy atom. The fourth-order valence-electron chi connectivity index (χ4n) is 2.81. The minimum Gasteiger partial charge on any atom is -0.346 e. The second-order valence-corrected chi connectivity index (χ2v) is 6.93. The van der Waals surface area contributed by atoms with Crippen molar-refractivity contribution in [1.82, 2.24) is 19.2 Å². The fourth-order valence-corrected chi connectivity index (χ4v) is 3.61. The van der Waals surface area contributed by atoms with Crippen molar-refractivity contribution in [2.75, 3.05) is 44.7 Å². The standard InChI is InChI=1S/C15H25N5OS/c1-3-13-16-15(22-17-13)20-8-4-7-19(9-10-20)11-14(21)18(2)12-5-6-12/h12H,3-11H2,1-2H3. The topological polar surface area (TPSA) is 52.6 Å². The molecule has 3 rings (SSSR count). The Labute approximate surface area is 136 Å². The second-order valence-electron chi connectivity index (χ2n) is 6.20. The van der Waals surface area contributed by atoms with E-state index in [1.807, 2.05) is 11.9 Å². The molecule has 2 aliphatic rings. The van der Waals surface area contributed by atoms with Gasteiger partial charge in [0.2, 0.25) is 11.0 Å². The molecule has 1 aliphatic heterocycles. The first kappa shape index (κ1) is 15.7. The van der Waals surface area contributed by atoms with Gasteiger partial charge < -0.3 is 9.80 Å². The molecule has 22 heavy (non-hydrogen) atoms. The van der Waals surface area contributed by atoms with Crippen molar-refractivity contribution >= 4 is 22.6 Å². The first-order valence-electron chi connectivity index (χ1n) is 8.23. The number of aryl methyl sites for hydroxylation is 1. The molecule has 0 atom stereocenters. The summed E-state index contributed by atoms with van der Waals surface area (Å²) in [5.41, 5.74) is 0. The summed E-state index contributed by atoms with van der Waals surface area (Å²) in [6.45, 7) is 6.47. The Hall–Kier alpha value is -1.21. The molecular weight excluding hydrogens is 298 g/mol. The summed E-state index contributed by atoms with van der Waals surface area (Å²) in [6, 6.07) is 0.504. The minimum absolute atomic E-state index is 0.264. The molecule has 2 heterocycles. The van der Waals surface area contributed by atoms with Crippen molar-refractivity contribution in [2.24, 2.45) is 0 Å². The van der Waals surface area contributed by atoms with Gasteiger partial charge in [-0.3, -0.25) is 9.69 Å². The highest BCUT2D eigenvalue weighted by Gasteiger charge is 2.30. The van der Waals surface area contributed by atoms with E-state index in [0.29, 0.717) is 12.6 Å². The average Bonchev–Trinajstić information content (AvgIpc) is 3.30. The lowest BCUT2D eigenvalue weighted by atomic mass is 10.3. The summed E-state index contributed by atoms with van der Waals surface area (Å²) in [4.78, 5) is 23.4. The van der Waals surface area contributed by atoms with Crippen molar-refractivity contribution in [1.29, 1.82) is 0 Å². The predicted molar refractivity (Wildman–Crippen MR) is 88.3 cm³/mol. The van der Waals surface area contributed by atoms with E-state index in [-0.39, 0.29) is 5.91 Å². The number of aromatic nitrogens is 2. The van der Waals surface area contributed by atoms with Crippen LogP contribution >= 0.6 is 11.5 Å². The smallest absolute Gasteiger partial charge is 0.236 e. The first-order valence-corrected chi connectivity index (χ1v) is 9.00. The van der Waals surface area contributed by atoms with Crippen molar-refractivity contribution < 1.29 is 4.79 Å². The fraction of sp³-hybridized carbons (Fsp3) is 0.800. The number of rotatable bonds is 5. The van der Waals surface area contributed by atoms with Gasteiger partial charge in [0.05, 0.1) is 6.54 Å². The zero-order valence-electron chi connectivity index (χ0n) is 13.5. The lowest BCUT2D eigenvalue weighted by Gasteiger charge is -2.24. The maximum atomic E-state index is 12.2. The number of anilines is 1. The van der Waals surface area contributed by atoms with Crippen LogP contribution in [0.25, 0.3) is 0 Å². The number of carbonyl (C=O) groups excluding carboxylic acids is 1. The van der Waals surface area contributed by atoms with Gasteiger partial charge in [-0.2, -0.15) is 4.37 Å². The molecule has 0 radical (unpaired) electrons. The first-order chi connectivity index (χ1) is 10.7. The molecule has 0 unspecified atom stereocenters. The van der Waals surface area contributed by atoms with Crippen molar-refractivity contribution in [3.8, 4) is 0 Å². The molecule has 7 heteroatoms. The van der Waals surface area contributed by atoms with Crippen LogP contribution in [0.1, 0.15) is 32.0 Å². The lowest BCUT2D eigenvalue weighted by Crippen LogP contribution is -2.41. The number of hydrogen-bond acceptors (Lipinski definition) is 6. The average molecular weight is 323 g/mol. The third-order valence-electron chi connectivity index (χ3n) is 4.48. The molecule has 1 aliphatic carbocycles. The minimum atomic E-state index is 0.264. The zero-order chi connectivity index (χ0) is 15.5. The van der Waals surface area contributed by atoms with Gasteiger partial charge in [-0.25, -0.2) is 4.98 Å². The van der Waals surface area contributed by atoms with Gasteiger partial charge in [0.15, 0.2) is 0 Å². The molecule has 2 fully saturated rings. The SMILES string of the molecule is CCc1nsc(N2CCCN(CC(=O)N(C)C3CC3)CC2)n1. The maximum absolute atomic E-state index is 12.2. The Morgan fingerprint density at radius 2 is 2.14 bits per heavy atom. The third-order valence-corrected chi connectivity index (χ3v) is 5.29. The molecule has 122 valence electrons. The van der Waals surface area contributed by atoms with E-state index in [1.165, 1.54) is 24.4 Å².